The van der Waals surface area contributed by atoms with Gasteiger partial charge in [0.25, 0.3) is 0 Å². The minimum Gasteiger partial charge on any atom is -0.443 e. The largest absolute Gasteiger partial charge is 0.443 e. The van der Waals surface area contributed by atoms with E-state index in [1.165, 1.54) is 0 Å². The Balaban J connectivity index is 2.42. The Hall–Kier alpha value is -1.84. The summed E-state index contributed by atoms with van der Waals surface area (Å²) in [5, 5.41) is 0. The molecule has 0 aromatic heterocycles. The molecule has 0 fully saturated rings. The van der Waals surface area contributed by atoms with Crippen molar-refractivity contribution in [3.63, 3.8) is 0 Å². The van der Waals surface area contributed by atoms with Crippen LogP contribution < -0.4 is 4.90 Å². The van der Waals surface area contributed by atoms with Crippen LogP contribution in [-0.4, -0.2) is 23.5 Å². The van der Waals surface area contributed by atoms with Crippen molar-refractivity contribution >= 4 is 17.6 Å². The SMILES string of the molecule is Cc1ccc2c(c1)C(=O)CC(C)N2C(=O)OC(C)(C)C. The summed E-state index contributed by atoms with van der Waals surface area (Å²) in [7, 11) is 0. The Labute approximate surface area is 119 Å². The Kier molecular flexibility index (Phi) is 3.59. The van der Waals surface area contributed by atoms with Gasteiger partial charge in [-0.15, -0.1) is 0 Å². The zero-order valence-electron chi connectivity index (χ0n) is 12.7. The molecule has 4 heteroatoms. The minimum absolute atomic E-state index is 0.0796. The molecule has 1 unspecified atom stereocenters. The third kappa shape index (κ3) is 2.84. The lowest BCUT2D eigenvalue weighted by atomic mass is 9.94. The molecule has 0 saturated carbocycles. The highest BCUT2D eigenvalue weighted by Gasteiger charge is 2.35. The van der Waals surface area contributed by atoms with Gasteiger partial charge >= 0.3 is 6.09 Å². The Bertz CT molecular complexity index is 557. The fraction of sp³-hybridized carbons (Fsp3) is 0.500. The van der Waals surface area contributed by atoms with Crippen molar-refractivity contribution in [1.29, 1.82) is 0 Å². The van der Waals surface area contributed by atoms with E-state index in [1.54, 1.807) is 4.90 Å². The molecule has 1 aromatic rings. The molecule has 1 aliphatic heterocycles. The van der Waals surface area contributed by atoms with Crippen molar-refractivity contribution < 1.29 is 14.3 Å². The number of benzene rings is 1. The molecule has 108 valence electrons. The number of Topliss-reactive ketones (excluding diaryl/α,β-unsaturated/α-hetero) is 1. The van der Waals surface area contributed by atoms with Gasteiger partial charge in [-0.25, -0.2) is 4.79 Å². The smallest absolute Gasteiger partial charge is 0.415 e. The van der Waals surface area contributed by atoms with Crippen LogP contribution in [0.2, 0.25) is 0 Å². The normalized spacial score (nSPS) is 18.8. The average Bonchev–Trinajstić information content (AvgIpc) is 2.27. The van der Waals surface area contributed by atoms with Crippen LogP contribution in [0.5, 0.6) is 0 Å². The molecule has 1 aromatic carbocycles. The Morgan fingerprint density at radius 3 is 2.60 bits per heavy atom. The van der Waals surface area contributed by atoms with Gasteiger partial charge in [0, 0.05) is 18.0 Å². The van der Waals surface area contributed by atoms with E-state index in [0.29, 0.717) is 17.7 Å². The van der Waals surface area contributed by atoms with Crippen molar-refractivity contribution in [1.82, 2.24) is 0 Å². The summed E-state index contributed by atoms with van der Waals surface area (Å²) in [4.78, 5) is 26.1. The number of ketones is 1. The molecule has 2 rings (SSSR count). The molecule has 4 nitrogen and oxygen atoms in total. The minimum atomic E-state index is -0.552. The highest BCUT2D eigenvalue weighted by molar-refractivity contribution is 6.08. The number of carbonyl (C=O) groups excluding carboxylic acids is 2. The van der Waals surface area contributed by atoms with Gasteiger partial charge < -0.3 is 4.74 Å². The first kappa shape index (κ1) is 14.6. The number of rotatable bonds is 0. The van der Waals surface area contributed by atoms with Crippen LogP contribution in [0.3, 0.4) is 0 Å². The first-order valence-electron chi connectivity index (χ1n) is 6.85. The van der Waals surface area contributed by atoms with Crippen LogP contribution in [0.25, 0.3) is 0 Å². The number of aryl methyl sites for hydroxylation is 1. The monoisotopic (exact) mass is 275 g/mol. The first-order chi connectivity index (χ1) is 9.19. The Morgan fingerprint density at radius 1 is 1.35 bits per heavy atom. The maximum atomic E-state index is 12.4. The van der Waals surface area contributed by atoms with E-state index in [9.17, 15) is 9.59 Å². The standard InChI is InChI=1S/C16H21NO3/c1-10-6-7-13-12(8-10)14(18)9-11(2)17(13)15(19)20-16(3,4)5/h6-8,11H,9H2,1-5H3. The summed E-state index contributed by atoms with van der Waals surface area (Å²) in [5.74, 6) is 0.0796. The van der Waals surface area contributed by atoms with Crippen molar-refractivity contribution in [2.45, 2.75) is 52.7 Å². The van der Waals surface area contributed by atoms with Gasteiger partial charge in [-0.1, -0.05) is 11.6 Å². The molecule has 0 N–H and O–H groups in total. The molecule has 20 heavy (non-hydrogen) atoms. The van der Waals surface area contributed by atoms with E-state index >= 15 is 0 Å². The number of carbonyl (C=O) groups is 2. The quantitative estimate of drug-likeness (QED) is 0.725. The summed E-state index contributed by atoms with van der Waals surface area (Å²) in [6.07, 6.45) is -0.0713. The van der Waals surface area contributed by atoms with E-state index in [4.69, 9.17) is 4.74 Å². The number of hydrogen-bond donors (Lipinski definition) is 0. The molecule has 1 heterocycles. The fourth-order valence-corrected chi connectivity index (χ4v) is 2.38. The van der Waals surface area contributed by atoms with E-state index < -0.39 is 11.7 Å². The van der Waals surface area contributed by atoms with Gasteiger partial charge in [0.15, 0.2) is 5.78 Å². The molecule has 0 spiro atoms. The predicted octanol–water partition coefficient (Wildman–Crippen LogP) is 3.71. The summed E-state index contributed by atoms with van der Waals surface area (Å²) >= 11 is 0. The summed E-state index contributed by atoms with van der Waals surface area (Å²) < 4.78 is 5.45. The molecule has 1 atom stereocenters. The van der Waals surface area contributed by atoms with Gasteiger partial charge in [0.2, 0.25) is 0 Å². The van der Waals surface area contributed by atoms with Crippen LogP contribution in [-0.2, 0) is 4.74 Å². The maximum absolute atomic E-state index is 12.4. The number of amides is 1. The summed E-state index contributed by atoms with van der Waals surface area (Å²) in [5.41, 5.74) is 1.71. The van der Waals surface area contributed by atoms with Gasteiger partial charge in [-0.05, 0) is 46.8 Å². The highest BCUT2D eigenvalue weighted by Crippen LogP contribution is 2.32. The molecule has 1 amide bonds. The van der Waals surface area contributed by atoms with Crippen LogP contribution in [0.15, 0.2) is 18.2 Å². The average molecular weight is 275 g/mol. The zero-order valence-corrected chi connectivity index (χ0v) is 12.7. The lowest BCUT2D eigenvalue weighted by Gasteiger charge is -2.35. The number of hydrogen-bond acceptors (Lipinski definition) is 3. The molecule has 0 radical (unpaired) electrons. The summed E-state index contributed by atoms with van der Waals surface area (Å²) in [6.45, 7) is 9.30. The predicted molar refractivity (Wildman–Crippen MR) is 78.3 cm³/mol. The lowest BCUT2D eigenvalue weighted by Crippen LogP contribution is -2.46. The summed E-state index contributed by atoms with van der Waals surface area (Å²) in [6, 6.07) is 5.37. The maximum Gasteiger partial charge on any atom is 0.415 e. The van der Waals surface area contributed by atoms with E-state index in [1.807, 2.05) is 52.8 Å². The molecule has 0 aliphatic carbocycles. The van der Waals surface area contributed by atoms with Crippen molar-refractivity contribution in [3.05, 3.63) is 29.3 Å². The number of anilines is 1. The first-order valence-corrected chi connectivity index (χ1v) is 6.85. The van der Waals surface area contributed by atoms with Crippen molar-refractivity contribution in [2.24, 2.45) is 0 Å². The molecule has 1 aliphatic rings. The number of ether oxygens (including phenoxy) is 1. The third-order valence-corrected chi connectivity index (χ3v) is 3.22. The van der Waals surface area contributed by atoms with Crippen LogP contribution in [0.1, 0.15) is 50.0 Å². The Morgan fingerprint density at radius 2 is 2.00 bits per heavy atom. The van der Waals surface area contributed by atoms with Crippen LogP contribution in [0, 0.1) is 6.92 Å². The van der Waals surface area contributed by atoms with Crippen LogP contribution >= 0.6 is 0 Å². The number of fused-ring (bicyclic) bond motifs is 1. The van der Waals surface area contributed by atoms with Gasteiger partial charge in [0.05, 0.1) is 5.69 Å². The van der Waals surface area contributed by atoms with Gasteiger partial charge in [0.1, 0.15) is 5.60 Å². The van der Waals surface area contributed by atoms with Gasteiger partial charge in [-0.3, -0.25) is 9.69 Å². The second-order valence-electron chi connectivity index (χ2n) is 6.35. The van der Waals surface area contributed by atoms with Crippen molar-refractivity contribution in [2.75, 3.05) is 4.90 Å². The molecule has 0 saturated heterocycles. The number of nitrogens with zero attached hydrogens (tertiary/aromatic N) is 1. The van der Waals surface area contributed by atoms with Crippen LogP contribution in [0.4, 0.5) is 10.5 Å². The molecular formula is C16H21NO3. The highest BCUT2D eigenvalue weighted by atomic mass is 16.6. The van der Waals surface area contributed by atoms with Crippen molar-refractivity contribution in [3.8, 4) is 0 Å². The molecular weight excluding hydrogens is 254 g/mol. The topological polar surface area (TPSA) is 46.6 Å². The fourth-order valence-electron chi connectivity index (χ4n) is 2.38. The van der Waals surface area contributed by atoms with E-state index in [2.05, 4.69) is 0 Å². The third-order valence-electron chi connectivity index (χ3n) is 3.22. The second-order valence-corrected chi connectivity index (χ2v) is 6.35. The zero-order chi connectivity index (χ0) is 15.1. The van der Waals surface area contributed by atoms with E-state index in [0.717, 1.165) is 5.56 Å². The van der Waals surface area contributed by atoms with E-state index in [-0.39, 0.29) is 11.8 Å². The lowest BCUT2D eigenvalue weighted by molar-refractivity contribution is 0.0563. The van der Waals surface area contributed by atoms with Gasteiger partial charge in [-0.2, -0.15) is 0 Å². The second kappa shape index (κ2) is 4.93. The molecule has 0 bridgehead atoms.